The number of piperidine rings is 1. The molecule has 0 spiro atoms. The van der Waals surface area contributed by atoms with Gasteiger partial charge in [0.15, 0.2) is 5.13 Å². The van der Waals surface area contributed by atoms with Gasteiger partial charge in [-0.3, -0.25) is 4.79 Å². The van der Waals surface area contributed by atoms with Gasteiger partial charge in [-0.25, -0.2) is 4.98 Å². The molecule has 1 aromatic carbocycles. The standard InChI is InChI=1S/C19H25N3O2S/c1-13-4-2-6-16-17(13)21-19(25-16)22-9-3-5-14(12-22)18(23)20-15-7-10-24-11-8-15/h2,4,6,14-15H,3,5,7-12H2,1H3,(H,20,23). The van der Waals surface area contributed by atoms with Gasteiger partial charge in [0.05, 0.1) is 16.1 Å². The van der Waals surface area contributed by atoms with Crippen molar-refractivity contribution in [2.24, 2.45) is 5.92 Å². The third-order valence-electron chi connectivity index (χ3n) is 5.24. The van der Waals surface area contributed by atoms with Crippen LogP contribution in [0.5, 0.6) is 0 Å². The van der Waals surface area contributed by atoms with Crippen molar-refractivity contribution in [1.29, 1.82) is 0 Å². The Labute approximate surface area is 152 Å². The van der Waals surface area contributed by atoms with E-state index in [1.165, 1.54) is 10.3 Å². The summed E-state index contributed by atoms with van der Waals surface area (Å²) in [6, 6.07) is 6.59. The molecule has 1 amide bonds. The van der Waals surface area contributed by atoms with E-state index in [0.717, 1.165) is 62.6 Å². The molecule has 3 heterocycles. The van der Waals surface area contributed by atoms with Gasteiger partial charge in [-0.2, -0.15) is 0 Å². The number of carbonyl (C=O) groups is 1. The Bertz CT molecular complexity index is 754. The molecule has 2 aromatic rings. The fourth-order valence-corrected chi connectivity index (χ4v) is 4.81. The lowest BCUT2D eigenvalue weighted by Gasteiger charge is -2.33. The Hall–Kier alpha value is -1.66. The van der Waals surface area contributed by atoms with Gasteiger partial charge >= 0.3 is 0 Å². The van der Waals surface area contributed by atoms with Crippen molar-refractivity contribution in [3.8, 4) is 0 Å². The number of amides is 1. The molecule has 6 heteroatoms. The maximum Gasteiger partial charge on any atom is 0.225 e. The Morgan fingerprint density at radius 1 is 1.32 bits per heavy atom. The topological polar surface area (TPSA) is 54.5 Å². The number of aromatic nitrogens is 1. The minimum atomic E-state index is 0.0599. The molecule has 2 aliphatic heterocycles. The highest BCUT2D eigenvalue weighted by atomic mass is 32.1. The Kier molecular flexibility index (Phi) is 4.90. The minimum absolute atomic E-state index is 0.0599. The lowest BCUT2D eigenvalue weighted by Crippen LogP contribution is -2.47. The van der Waals surface area contributed by atoms with Crippen LogP contribution in [0.3, 0.4) is 0 Å². The van der Waals surface area contributed by atoms with Crippen LogP contribution in [0.4, 0.5) is 5.13 Å². The summed E-state index contributed by atoms with van der Waals surface area (Å²) < 4.78 is 6.60. The number of hydrogen-bond acceptors (Lipinski definition) is 5. The Morgan fingerprint density at radius 3 is 2.96 bits per heavy atom. The van der Waals surface area contributed by atoms with E-state index in [9.17, 15) is 4.79 Å². The van der Waals surface area contributed by atoms with Crippen LogP contribution in [0.1, 0.15) is 31.2 Å². The maximum absolute atomic E-state index is 12.7. The van der Waals surface area contributed by atoms with Crippen LogP contribution in [-0.4, -0.2) is 43.2 Å². The zero-order valence-corrected chi connectivity index (χ0v) is 15.5. The zero-order chi connectivity index (χ0) is 17.2. The average Bonchev–Trinajstić information content (AvgIpc) is 3.08. The summed E-state index contributed by atoms with van der Waals surface area (Å²) in [4.78, 5) is 19.8. The quantitative estimate of drug-likeness (QED) is 0.915. The number of nitrogens with zero attached hydrogens (tertiary/aromatic N) is 2. The van der Waals surface area contributed by atoms with Gasteiger partial charge in [-0.05, 0) is 44.2 Å². The second-order valence-electron chi connectivity index (χ2n) is 7.10. The number of para-hydroxylation sites is 1. The smallest absolute Gasteiger partial charge is 0.225 e. The fraction of sp³-hybridized carbons (Fsp3) is 0.579. The van der Waals surface area contributed by atoms with Crippen molar-refractivity contribution in [2.75, 3.05) is 31.2 Å². The van der Waals surface area contributed by atoms with Crippen molar-refractivity contribution in [3.05, 3.63) is 23.8 Å². The van der Waals surface area contributed by atoms with Gasteiger partial charge < -0.3 is 15.0 Å². The van der Waals surface area contributed by atoms with Gasteiger partial charge in [-0.1, -0.05) is 23.5 Å². The summed E-state index contributed by atoms with van der Waals surface area (Å²) >= 11 is 1.73. The van der Waals surface area contributed by atoms with Gasteiger partial charge in [0.2, 0.25) is 5.91 Å². The maximum atomic E-state index is 12.7. The van der Waals surface area contributed by atoms with Gasteiger partial charge in [0.1, 0.15) is 0 Å². The molecule has 2 aliphatic rings. The average molecular weight is 359 g/mol. The molecular weight excluding hydrogens is 334 g/mol. The summed E-state index contributed by atoms with van der Waals surface area (Å²) in [5.74, 6) is 0.263. The van der Waals surface area contributed by atoms with E-state index in [0.29, 0.717) is 0 Å². The monoisotopic (exact) mass is 359 g/mol. The highest BCUT2D eigenvalue weighted by molar-refractivity contribution is 7.22. The summed E-state index contributed by atoms with van der Waals surface area (Å²) in [7, 11) is 0. The Balaban J connectivity index is 1.44. The minimum Gasteiger partial charge on any atom is -0.381 e. The molecule has 1 N–H and O–H groups in total. The van der Waals surface area contributed by atoms with Crippen LogP contribution < -0.4 is 10.2 Å². The lowest BCUT2D eigenvalue weighted by molar-refractivity contribution is -0.126. The van der Waals surface area contributed by atoms with Crippen LogP contribution in [-0.2, 0) is 9.53 Å². The highest BCUT2D eigenvalue weighted by Gasteiger charge is 2.29. The number of anilines is 1. The molecule has 2 fully saturated rings. The first-order valence-corrected chi connectivity index (χ1v) is 10.0. The van der Waals surface area contributed by atoms with E-state index in [2.05, 4.69) is 35.3 Å². The van der Waals surface area contributed by atoms with E-state index in [1.807, 2.05) is 0 Å². The van der Waals surface area contributed by atoms with Crippen LogP contribution in [0.15, 0.2) is 18.2 Å². The van der Waals surface area contributed by atoms with Crippen LogP contribution in [0.25, 0.3) is 10.2 Å². The summed E-state index contributed by atoms with van der Waals surface area (Å²) in [6.07, 6.45) is 3.87. The number of ether oxygens (including phenoxy) is 1. The molecule has 0 bridgehead atoms. The molecular formula is C19H25N3O2S. The fourth-order valence-electron chi connectivity index (χ4n) is 3.74. The number of benzene rings is 1. The van der Waals surface area contributed by atoms with E-state index >= 15 is 0 Å². The van der Waals surface area contributed by atoms with Crippen LogP contribution >= 0.6 is 11.3 Å². The third-order valence-corrected chi connectivity index (χ3v) is 6.32. The van der Waals surface area contributed by atoms with E-state index in [4.69, 9.17) is 9.72 Å². The van der Waals surface area contributed by atoms with Gasteiger partial charge in [-0.15, -0.1) is 0 Å². The number of thiazole rings is 1. The van der Waals surface area contributed by atoms with Gasteiger partial charge in [0.25, 0.3) is 0 Å². The molecule has 1 unspecified atom stereocenters. The summed E-state index contributed by atoms with van der Waals surface area (Å²) in [5.41, 5.74) is 2.31. The molecule has 25 heavy (non-hydrogen) atoms. The second kappa shape index (κ2) is 7.30. The predicted molar refractivity (Wildman–Crippen MR) is 101 cm³/mol. The van der Waals surface area contributed by atoms with Crippen LogP contribution in [0.2, 0.25) is 0 Å². The molecule has 1 atom stereocenters. The van der Waals surface area contributed by atoms with E-state index < -0.39 is 0 Å². The predicted octanol–water partition coefficient (Wildman–Crippen LogP) is 3.12. The number of nitrogens with one attached hydrogen (secondary N) is 1. The largest absolute Gasteiger partial charge is 0.381 e. The number of fused-ring (bicyclic) bond motifs is 1. The number of hydrogen-bond donors (Lipinski definition) is 1. The van der Waals surface area contributed by atoms with Crippen molar-refractivity contribution < 1.29 is 9.53 Å². The van der Waals surface area contributed by atoms with E-state index in [-0.39, 0.29) is 17.9 Å². The van der Waals surface area contributed by atoms with Crippen molar-refractivity contribution >= 4 is 32.6 Å². The van der Waals surface area contributed by atoms with Crippen LogP contribution in [0, 0.1) is 12.8 Å². The zero-order valence-electron chi connectivity index (χ0n) is 14.7. The summed E-state index contributed by atoms with van der Waals surface area (Å²) in [5, 5.41) is 4.28. The molecule has 0 aliphatic carbocycles. The SMILES string of the molecule is Cc1cccc2sc(N3CCCC(C(=O)NC4CCOCC4)C3)nc12. The molecule has 2 saturated heterocycles. The van der Waals surface area contributed by atoms with E-state index in [1.54, 1.807) is 11.3 Å². The first-order chi connectivity index (χ1) is 12.2. The summed E-state index contributed by atoms with van der Waals surface area (Å²) in [6.45, 7) is 5.37. The number of rotatable bonds is 3. The van der Waals surface area contributed by atoms with Crippen molar-refractivity contribution in [2.45, 2.75) is 38.6 Å². The highest BCUT2D eigenvalue weighted by Crippen LogP contribution is 2.33. The first kappa shape index (κ1) is 16.8. The molecule has 4 rings (SSSR count). The molecule has 5 nitrogen and oxygen atoms in total. The molecule has 0 radical (unpaired) electrons. The molecule has 1 aromatic heterocycles. The number of aryl methyl sites for hydroxylation is 1. The lowest BCUT2D eigenvalue weighted by atomic mass is 9.96. The molecule has 134 valence electrons. The molecule has 0 saturated carbocycles. The third kappa shape index (κ3) is 3.65. The van der Waals surface area contributed by atoms with Gasteiger partial charge in [0, 0.05) is 32.3 Å². The second-order valence-corrected chi connectivity index (χ2v) is 8.11. The Morgan fingerprint density at radius 2 is 2.16 bits per heavy atom. The normalized spacial score (nSPS) is 22.3. The van der Waals surface area contributed by atoms with Crippen molar-refractivity contribution in [1.82, 2.24) is 10.3 Å². The first-order valence-electron chi connectivity index (χ1n) is 9.20. The van der Waals surface area contributed by atoms with Crippen molar-refractivity contribution in [3.63, 3.8) is 0 Å². The number of carbonyl (C=O) groups excluding carboxylic acids is 1.